The van der Waals surface area contributed by atoms with E-state index in [-0.39, 0.29) is 11.4 Å². The van der Waals surface area contributed by atoms with Gasteiger partial charge in [0.25, 0.3) is 10.0 Å². The molecule has 0 radical (unpaired) electrons. The van der Waals surface area contributed by atoms with Gasteiger partial charge in [0.05, 0.1) is 17.0 Å². The second-order valence-corrected chi connectivity index (χ2v) is 10.3. The Morgan fingerprint density at radius 2 is 1.65 bits per heavy atom. The van der Waals surface area contributed by atoms with Crippen LogP contribution >= 0.6 is 0 Å². The van der Waals surface area contributed by atoms with Crippen LogP contribution in [0.4, 0.5) is 4.79 Å². The van der Waals surface area contributed by atoms with Crippen LogP contribution in [0.15, 0.2) is 71.6 Å². The van der Waals surface area contributed by atoms with Crippen LogP contribution in [0.2, 0.25) is 0 Å². The Bertz CT molecular complexity index is 1250. The molecule has 6 nitrogen and oxygen atoms in total. The second kappa shape index (κ2) is 7.89. The van der Waals surface area contributed by atoms with Gasteiger partial charge in [-0.25, -0.2) is 17.2 Å². The van der Waals surface area contributed by atoms with Crippen LogP contribution in [-0.2, 0) is 27.7 Å². The van der Waals surface area contributed by atoms with Crippen molar-refractivity contribution < 1.29 is 17.9 Å². The third-order valence-corrected chi connectivity index (χ3v) is 6.89. The summed E-state index contributed by atoms with van der Waals surface area (Å²) in [7, 11) is -3.81. The molecule has 1 aromatic heterocycles. The normalized spacial score (nSPS) is 15.8. The van der Waals surface area contributed by atoms with Crippen LogP contribution in [0.5, 0.6) is 0 Å². The van der Waals surface area contributed by atoms with E-state index in [1.807, 2.05) is 57.2 Å². The number of carbonyl (C=O) groups excluding carboxylic acids is 1. The summed E-state index contributed by atoms with van der Waals surface area (Å²) in [5.41, 5.74) is 1.48. The fraction of sp³-hybridized carbons (Fsp3) is 0.292. The summed E-state index contributed by atoms with van der Waals surface area (Å²) in [6.07, 6.45) is 3.82. The Hall–Kier alpha value is -3.06. The molecule has 2 aromatic carbocycles. The fourth-order valence-corrected chi connectivity index (χ4v) is 5.41. The highest BCUT2D eigenvalue weighted by atomic mass is 32.2. The maximum absolute atomic E-state index is 13.6. The van der Waals surface area contributed by atoms with E-state index in [4.69, 9.17) is 4.74 Å². The van der Waals surface area contributed by atoms with Gasteiger partial charge in [-0.2, -0.15) is 0 Å². The molecule has 0 spiro atoms. The van der Waals surface area contributed by atoms with Gasteiger partial charge in [-0.3, -0.25) is 0 Å². The molecule has 1 aliphatic heterocycles. The molecule has 162 valence electrons. The largest absolute Gasteiger partial charge is 0.444 e. The summed E-state index contributed by atoms with van der Waals surface area (Å²) in [6.45, 7) is 6.16. The number of amides is 1. The van der Waals surface area contributed by atoms with E-state index in [1.54, 1.807) is 35.2 Å². The Labute approximate surface area is 182 Å². The predicted molar refractivity (Wildman–Crippen MR) is 120 cm³/mol. The van der Waals surface area contributed by atoms with E-state index in [0.29, 0.717) is 24.2 Å². The van der Waals surface area contributed by atoms with Gasteiger partial charge in [0, 0.05) is 29.6 Å². The van der Waals surface area contributed by atoms with Gasteiger partial charge in [-0.05, 0) is 39.0 Å². The zero-order valence-electron chi connectivity index (χ0n) is 17.9. The molecule has 4 rings (SSSR count). The minimum atomic E-state index is -3.81. The second-order valence-electron chi connectivity index (χ2n) is 8.56. The van der Waals surface area contributed by atoms with Crippen LogP contribution in [0.25, 0.3) is 10.9 Å². The highest BCUT2D eigenvalue weighted by Gasteiger charge is 2.29. The molecule has 0 fully saturated rings. The zero-order chi connectivity index (χ0) is 22.2. The molecule has 0 aliphatic carbocycles. The molecule has 1 aliphatic rings. The molecule has 2 heterocycles. The van der Waals surface area contributed by atoms with Crippen molar-refractivity contribution in [1.82, 2.24) is 8.87 Å². The van der Waals surface area contributed by atoms with E-state index in [0.717, 1.165) is 10.9 Å². The van der Waals surface area contributed by atoms with Gasteiger partial charge in [0.2, 0.25) is 0 Å². The van der Waals surface area contributed by atoms with Gasteiger partial charge in [-0.1, -0.05) is 48.6 Å². The summed E-state index contributed by atoms with van der Waals surface area (Å²) in [4.78, 5) is 14.6. The number of allylic oxidation sites excluding steroid dienone is 1. The maximum atomic E-state index is 13.6. The van der Waals surface area contributed by atoms with Crippen molar-refractivity contribution in [2.45, 2.75) is 44.2 Å². The molecule has 0 saturated heterocycles. The van der Waals surface area contributed by atoms with Crippen LogP contribution < -0.4 is 0 Å². The maximum Gasteiger partial charge on any atom is 0.410 e. The van der Waals surface area contributed by atoms with Crippen molar-refractivity contribution in [2.75, 3.05) is 6.54 Å². The third kappa shape index (κ3) is 4.10. The smallest absolute Gasteiger partial charge is 0.410 e. The number of benzene rings is 2. The van der Waals surface area contributed by atoms with E-state index >= 15 is 0 Å². The number of ether oxygens (including phenoxy) is 1. The topological polar surface area (TPSA) is 68.6 Å². The summed E-state index contributed by atoms with van der Waals surface area (Å²) >= 11 is 0. The number of aromatic nitrogens is 1. The lowest BCUT2D eigenvalue weighted by Crippen LogP contribution is -2.37. The van der Waals surface area contributed by atoms with Crippen molar-refractivity contribution in [3.05, 3.63) is 78.0 Å². The fourth-order valence-electron chi connectivity index (χ4n) is 3.80. The first-order chi connectivity index (χ1) is 14.7. The lowest BCUT2D eigenvalue weighted by atomic mass is 10.1. The van der Waals surface area contributed by atoms with Crippen LogP contribution in [-0.4, -0.2) is 35.5 Å². The van der Waals surface area contributed by atoms with Crippen molar-refractivity contribution in [1.29, 1.82) is 0 Å². The van der Waals surface area contributed by atoms with Gasteiger partial charge >= 0.3 is 6.09 Å². The molecule has 7 heteroatoms. The SMILES string of the molecule is CC(C)(C)OC(=O)N1C/C=C\Cc2c(c3ccccc3n2S(=O)(=O)c2ccccc2)C1. The van der Waals surface area contributed by atoms with Crippen molar-refractivity contribution in [2.24, 2.45) is 0 Å². The highest BCUT2D eigenvalue weighted by Crippen LogP contribution is 2.33. The minimum absolute atomic E-state index is 0.230. The van der Waals surface area contributed by atoms with E-state index < -0.39 is 21.7 Å². The first-order valence-electron chi connectivity index (χ1n) is 10.2. The Kier molecular flexibility index (Phi) is 5.39. The number of rotatable bonds is 2. The molecule has 0 N–H and O–H groups in total. The summed E-state index contributed by atoms with van der Waals surface area (Å²) < 4.78 is 34.2. The Morgan fingerprint density at radius 3 is 2.35 bits per heavy atom. The molecule has 0 saturated carbocycles. The number of nitrogens with zero attached hydrogens (tertiary/aromatic N) is 2. The lowest BCUT2D eigenvalue weighted by Gasteiger charge is -2.27. The van der Waals surface area contributed by atoms with E-state index in [1.165, 1.54) is 3.97 Å². The summed E-state index contributed by atoms with van der Waals surface area (Å²) in [6, 6.07) is 15.8. The quantitative estimate of drug-likeness (QED) is 0.543. The number of fused-ring (bicyclic) bond motifs is 3. The molecule has 31 heavy (non-hydrogen) atoms. The van der Waals surface area contributed by atoms with Crippen LogP contribution in [0.1, 0.15) is 32.0 Å². The molecule has 0 unspecified atom stereocenters. The van der Waals surface area contributed by atoms with Crippen LogP contribution in [0.3, 0.4) is 0 Å². The van der Waals surface area contributed by atoms with Crippen molar-refractivity contribution in [3.8, 4) is 0 Å². The monoisotopic (exact) mass is 438 g/mol. The van der Waals surface area contributed by atoms with Gasteiger partial charge < -0.3 is 9.64 Å². The van der Waals surface area contributed by atoms with Gasteiger partial charge in [-0.15, -0.1) is 0 Å². The highest BCUT2D eigenvalue weighted by molar-refractivity contribution is 7.90. The molecule has 1 amide bonds. The number of hydrogen-bond donors (Lipinski definition) is 0. The van der Waals surface area contributed by atoms with Crippen LogP contribution in [0, 0.1) is 0 Å². The van der Waals surface area contributed by atoms with Crippen molar-refractivity contribution >= 4 is 27.0 Å². The first-order valence-corrected chi connectivity index (χ1v) is 11.7. The molecule has 0 atom stereocenters. The predicted octanol–water partition coefficient (Wildman–Crippen LogP) is 4.73. The Balaban J connectivity index is 1.89. The number of para-hydroxylation sites is 1. The van der Waals surface area contributed by atoms with Gasteiger partial charge in [0.1, 0.15) is 5.60 Å². The number of hydrogen-bond acceptors (Lipinski definition) is 4. The first kappa shape index (κ1) is 21.2. The van der Waals surface area contributed by atoms with Gasteiger partial charge in [0.15, 0.2) is 0 Å². The van der Waals surface area contributed by atoms with E-state index in [2.05, 4.69) is 0 Å². The molecule has 3 aromatic rings. The standard InChI is InChI=1S/C24H26N2O4S/c1-24(2,3)30-23(27)25-16-10-9-15-22-20(17-25)19-13-7-8-14-21(19)26(22)31(28,29)18-11-5-4-6-12-18/h4-14H,15-17H2,1-3H3/b10-9-. The Morgan fingerprint density at radius 1 is 0.968 bits per heavy atom. The molecular formula is C24H26N2O4S. The average molecular weight is 439 g/mol. The van der Waals surface area contributed by atoms with Crippen molar-refractivity contribution in [3.63, 3.8) is 0 Å². The lowest BCUT2D eigenvalue weighted by molar-refractivity contribution is 0.0256. The molecular weight excluding hydrogens is 412 g/mol. The van der Waals surface area contributed by atoms with E-state index in [9.17, 15) is 13.2 Å². The average Bonchev–Trinajstić information content (AvgIpc) is 3.00. The zero-order valence-corrected chi connectivity index (χ0v) is 18.7. The molecule has 0 bridgehead atoms. The minimum Gasteiger partial charge on any atom is -0.444 e. The number of carbonyl (C=O) groups is 1. The third-order valence-electron chi connectivity index (χ3n) is 5.13. The summed E-state index contributed by atoms with van der Waals surface area (Å²) in [5, 5.41) is 0.820. The summed E-state index contributed by atoms with van der Waals surface area (Å²) in [5.74, 6) is 0.